The number of ether oxygens (including phenoxy) is 2. The molecule has 3 aliphatic heterocycles. The summed E-state index contributed by atoms with van der Waals surface area (Å²) in [6.07, 6.45) is -0.818. The minimum absolute atomic E-state index is 0.0853. The van der Waals surface area contributed by atoms with E-state index in [4.69, 9.17) is 9.47 Å². The van der Waals surface area contributed by atoms with Crippen LogP contribution in [0.3, 0.4) is 0 Å². The zero-order valence-corrected chi connectivity index (χ0v) is 24.9. The molecule has 2 atom stereocenters. The molecule has 3 aromatic rings. The average molecular weight is 619 g/mol. The summed E-state index contributed by atoms with van der Waals surface area (Å²) in [6, 6.07) is 12.7. The molecule has 0 spiro atoms. The average Bonchev–Trinajstić information content (AvgIpc) is 3.45. The molecule has 0 aliphatic carbocycles. The van der Waals surface area contributed by atoms with Gasteiger partial charge in [-0.15, -0.1) is 11.3 Å². The lowest BCUT2D eigenvalue weighted by Gasteiger charge is -2.46. The first-order chi connectivity index (χ1) is 20.5. The summed E-state index contributed by atoms with van der Waals surface area (Å²) in [5.41, 5.74) is 0.596. The van der Waals surface area contributed by atoms with Gasteiger partial charge in [-0.3, -0.25) is 4.79 Å². The molecule has 6 rings (SSSR count). The Balaban J connectivity index is 1.29. The molecule has 1 aromatic heterocycles. The number of piperidine rings is 1. The van der Waals surface area contributed by atoms with Gasteiger partial charge < -0.3 is 24.6 Å². The summed E-state index contributed by atoms with van der Waals surface area (Å²) >= 11 is 0.834. The molecule has 43 heavy (non-hydrogen) atoms. The van der Waals surface area contributed by atoms with Crippen molar-refractivity contribution in [2.75, 3.05) is 35.3 Å². The van der Waals surface area contributed by atoms with Gasteiger partial charge in [0.2, 0.25) is 0 Å². The van der Waals surface area contributed by atoms with Gasteiger partial charge in [-0.05, 0) is 50.7 Å². The molecule has 3 fully saturated rings. The van der Waals surface area contributed by atoms with Crippen molar-refractivity contribution in [2.24, 2.45) is 0 Å². The molecule has 2 aromatic carbocycles. The van der Waals surface area contributed by atoms with Gasteiger partial charge in [0, 0.05) is 35.8 Å². The number of alkyl halides is 3. The fourth-order valence-corrected chi connectivity index (χ4v) is 7.48. The molecule has 1 N–H and O–H groups in total. The molecule has 2 bridgehead atoms. The number of nitrogens with one attached hydrogen (secondary N) is 1. The number of fused-ring (bicyclic) bond motifs is 2. The van der Waals surface area contributed by atoms with E-state index in [1.165, 1.54) is 6.07 Å². The number of amides is 1. The Labute approximate surface area is 251 Å². The van der Waals surface area contributed by atoms with E-state index in [9.17, 15) is 18.0 Å². The molecule has 3 aliphatic rings. The number of hydrogen-bond donors (Lipinski definition) is 1. The smallest absolute Gasteiger partial charge is 0.393 e. The second-order valence-corrected chi connectivity index (χ2v) is 12.9. The fraction of sp³-hybridized carbons (Fsp3) is 0.484. The fourth-order valence-electron chi connectivity index (χ4n) is 6.39. The van der Waals surface area contributed by atoms with E-state index in [1.807, 2.05) is 37.3 Å². The summed E-state index contributed by atoms with van der Waals surface area (Å²) < 4.78 is 67.9. The third-order valence-electron chi connectivity index (χ3n) is 8.55. The Morgan fingerprint density at radius 1 is 1.12 bits per heavy atom. The van der Waals surface area contributed by atoms with E-state index < -0.39 is 29.9 Å². The molecular weight excluding hydrogens is 584 g/mol. The van der Waals surface area contributed by atoms with Gasteiger partial charge in [-0.1, -0.05) is 30.3 Å². The largest absolute Gasteiger partial charge is 0.487 e. The highest BCUT2D eigenvalue weighted by Gasteiger charge is 2.42. The second-order valence-electron chi connectivity index (χ2n) is 11.8. The lowest BCUT2D eigenvalue weighted by molar-refractivity contribution is -0.126. The number of benzene rings is 2. The normalized spacial score (nSPS) is 21.1. The highest BCUT2D eigenvalue weighted by molar-refractivity contribution is 7.16. The number of carbonyl (C=O) groups excluding carboxylic acids is 1. The molecular formula is C31H34F4N4O3S. The number of aromatic nitrogens is 1. The number of thiazole rings is 1. The Hall–Kier alpha value is -3.38. The summed E-state index contributed by atoms with van der Waals surface area (Å²) in [6.45, 7) is 2.97. The van der Waals surface area contributed by atoms with E-state index in [-0.39, 0.29) is 40.7 Å². The van der Waals surface area contributed by atoms with Crippen molar-refractivity contribution in [3.63, 3.8) is 0 Å². The van der Waals surface area contributed by atoms with E-state index in [2.05, 4.69) is 15.2 Å². The monoisotopic (exact) mass is 618 g/mol. The van der Waals surface area contributed by atoms with Crippen LogP contribution in [0.15, 0.2) is 42.5 Å². The minimum atomic E-state index is -4.53. The van der Waals surface area contributed by atoms with E-state index in [0.29, 0.717) is 23.9 Å². The van der Waals surface area contributed by atoms with Crippen LogP contribution in [0.2, 0.25) is 0 Å². The topological polar surface area (TPSA) is 66.9 Å². The minimum Gasteiger partial charge on any atom is -0.487 e. The third kappa shape index (κ3) is 6.31. The maximum absolute atomic E-state index is 16.0. The van der Waals surface area contributed by atoms with Crippen molar-refractivity contribution in [1.29, 1.82) is 0 Å². The Morgan fingerprint density at radius 3 is 2.47 bits per heavy atom. The van der Waals surface area contributed by atoms with Crippen molar-refractivity contribution in [3.8, 4) is 5.75 Å². The quantitative estimate of drug-likeness (QED) is 0.262. The summed E-state index contributed by atoms with van der Waals surface area (Å²) in [7, 11) is 1.57. The standard InChI is InChI=1S/C31H34F4N4O3S/c1-30(41-2)17-38(18-30)29-37-26(25(43-29)15-31(33,34)35)28(40)36-20-13-23(32)27(39-21-9-6-10-22(39)12-11-21)24(14-20)42-16-19-7-4-3-5-8-19/h3-5,7-8,13-14,21-22H,6,9-12,15-18H2,1-2H3,(H,36,40). The molecule has 0 radical (unpaired) electrons. The van der Waals surface area contributed by atoms with Crippen LogP contribution in [0.1, 0.15) is 60.0 Å². The maximum atomic E-state index is 16.0. The second kappa shape index (κ2) is 11.6. The van der Waals surface area contributed by atoms with E-state index >= 15 is 4.39 Å². The van der Waals surface area contributed by atoms with Gasteiger partial charge in [0.1, 0.15) is 23.7 Å². The number of anilines is 3. The van der Waals surface area contributed by atoms with Crippen LogP contribution in [0, 0.1) is 5.82 Å². The van der Waals surface area contributed by atoms with Crippen molar-refractivity contribution < 1.29 is 31.8 Å². The third-order valence-corrected chi connectivity index (χ3v) is 9.67. The van der Waals surface area contributed by atoms with Gasteiger partial charge in [0.15, 0.2) is 10.9 Å². The van der Waals surface area contributed by atoms with Crippen LogP contribution < -0.4 is 19.9 Å². The molecule has 2 unspecified atom stereocenters. The Morgan fingerprint density at radius 2 is 1.81 bits per heavy atom. The SMILES string of the molecule is COC1(C)CN(c2nc(C(=O)Nc3cc(F)c(N4C5CCCC4CC5)c(OCc4ccccc4)c3)c(CC(F)(F)F)s2)C1. The van der Waals surface area contributed by atoms with Crippen LogP contribution in [-0.4, -0.2) is 55.0 Å². The van der Waals surface area contributed by atoms with Gasteiger partial charge in [0.25, 0.3) is 5.91 Å². The molecule has 4 heterocycles. The highest BCUT2D eigenvalue weighted by Crippen LogP contribution is 2.46. The van der Waals surface area contributed by atoms with Gasteiger partial charge in [-0.25, -0.2) is 9.37 Å². The Kier molecular flexibility index (Phi) is 8.01. The lowest BCUT2D eigenvalue weighted by atomic mass is 9.97. The predicted octanol–water partition coefficient (Wildman–Crippen LogP) is 6.96. The summed E-state index contributed by atoms with van der Waals surface area (Å²) in [5.74, 6) is -1.10. The maximum Gasteiger partial charge on any atom is 0.393 e. The van der Waals surface area contributed by atoms with E-state index in [0.717, 1.165) is 49.0 Å². The first-order valence-corrected chi connectivity index (χ1v) is 15.3. The van der Waals surface area contributed by atoms with Gasteiger partial charge in [0.05, 0.1) is 25.1 Å². The summed E-state index contributed by atoms with van der Waals surface area (Å²) in [4.78, 5) is 21.4. The lowest BCUT2D eigenvalue weighted by Crippen LogP contribution is -2.61. The summed E-state index contributed by atoms with van der Waals surface area (Å²) in [5, 5.41) is 2.92. The van der Waals surface area contributed by atoms with Crippen molar-refractivity contribution in [2.45, 2.75) is 75.9 Å². The molecule has 0 saturated carbocycles. The number of rotatable bonds is 9. The van der Waals surface area contributed by atoms with Crippen LogP contribution >= 0.6 is 11.3 Å². The van der Waals surface area contributed by atoms with Crippen molar-refractivity contribution >= 4 is 33.8 Å². The van der Waals surface area contributed by atoms with Crippen LogP contribution in [0.25, 0.3) is 0 Å². The van der Waals surface area contributed by atoms with Crippen LogP contribution in [0.4, 0.5) is 34.1 Å². The van der Waals surface area contributed by atoms with Crippen LogP contribution in [-0.2, 0) is 17.8 Å². The molecule has 3 saturated heterocycles. The number of hydrogen-bond acceptors (Lipinski definition) is 7. The zero-order chi connectivity index (χ0) is 30.4. The van der Waals surface area contributed by atoms with Gasteiger partial charge >= 0.3 is 6.18 Å². The molecule has 230 valence electrons. The Bertz CT molecular complexity index is 1460. The zero-order valence-electron chi connectivity index (χ0n) is 24.0. The molecule has 7 nitrogen and oxygen atoms in total. The van der Waals surface area contributed by atoms with Crippen molar-refractivity contribution in [3.05, 3.63) is 64.4 Å². The van der Waals surface area contributed by atoms with Crippen LogP contribution in [0.5, 0.6) is 5.75 Å². The number of nitrogens with zero attached hydrogens (tertiary/aromatic N) is 3. The molecule has 1 amide bonds. The first-order valence-electron chi connectivity index (χ1n) is 14.5. The number of carbonyl (C=O) groups is 1. The highest BCUT2D eigenvalue weighted by atomic mass is 32.1. The predicted molar refractivity (Wildman–Crippen MR) is 158 cm³/mol. The van der Waals surface area contributed by atoms with Gasteiger partial charge in [-0.2, -0.15) is 13.2 Å². The van der Waals surface area contributed by atoms with E-state index in [1.54, 1.807) is 18.1 Å². The molecule has 12 heteroatoms. The first kappa shape index (κ1) is 29.7. The number of methoxy groups -OCH3 is 1. The number of halogens is 4. The van der Waals surface area contributed by atoms with Crippen molar-refractivity contribution in [1.82, 2.24) is 4.98 Å².